The first-order valence-corrected chi connectivity index (χ1v) is 12.9. The fourth-order valence-corrected chi connectivity index (χ4v) is 5.38. The zero-order chi connectivity index (χ0) is 27.1. The first kappa shape index (κ1) is 26.3. The van der Waals surface area contributed by atoms with Crippen molar-refractivity contribution in [3.05, 3.63) is 70.1 Å². The van der Waals surface area contributed by atoms with Gasteiger partial charge in [-0.15, -0.1) is 0 Å². The van der Waals surface area contributed by atoms with Crippen molar-refractivity contribution < 1.29 is 26.7 Å². The van der Waals surface area contributed by atoms with E-state index in [0.29, 0.717) is 6.54 Å². The molecule has 1 aliphatic rings. The van der Waals surface area contributed by atoms with Crippen molar-refractivity contribution in [2.24, 2.45) is 5.92 Å². The Balaban J connectivity index is 1.82. The van der Waals surface area contributed by atoms with Gasteiger partial charge in [0.25, 0.3) is 21.5 Å². The summed E-state index contributed by atoms with van der Waals surface area (Å²) in [5, 5.41) is 0. The Bertz CT molecular complexity index is 1520. The van der Waals surface area contributed by atoms with Crippen molar-refractivity contribution in [3.63, 3.8) is 0 Å². The zero-order valence-electron chi connectivity index (χ0n) is 20.6. The van der Waals surface area contributed by atoms with Crippen LogP contribution in [-0.4, -0.2) is 43.5 Å². The van der Waals surface area contributed by atoms with E-state index in [9.17, 15) is 26.8 Å². The maximum atomic E-state index is 14.4. The van der Waals surface area contributed by atoms with Crippen LogP contribution in [0.1, 0.15) is 37.6 Å². The average Bonchev–Trinajstić information content (AvgIpc) is 3.10. The lowest BCUT2D eigenvalue weighted by atomic mass is 9.90. The van der Waals surface area contributed by atoms with Gasteiger partial charge in [-0.2, -0.15) is 0 Å². The number of halogens is 2. The number of anilines is 1. The number of hydrogen-bond acceptors (Lipinski definition) is 7. The molecule has 0 radical (unpaired) electrons. The molecule has 37 heavy (non-hydrogen) atoms. The van der Waals surface area contributed by atoms with Crippen LogP contribution < -0.4 is 19.9 Å². The summed E-state index contributed by atoms with van der Waals surface area (Å²) in [5.41, 5.74) is -1.14. The normalized spacial score (nSPS) is 17.0. The van der Waals surface area contributed by atoms with Gasteiger partial charge in [0.1, 0.15) is 5.82 Å². The Morgan fingerprint density at radius 3 is 2.46 bits per heavy atom. The largest absolute Gasteiger partial charge is 0.491 e. The molecule has 1 saturated heterocycles. The molecule has 0 bridgehead atoms. The SMILES string of the molecule is COc1c(F)cc(-c2ccc(C(=O)NS(=O)(=O)c3ccc[nH]c3=O)c(N3CCC(C)C3(C)C)n2)cc1F. The highest BCUT2D eigenvalue weighted by molar-refractivity contribution is 7.90. The van der Waals surface area contributed by atoms with E-state index in [1.54, 1.807) is 0 Å². The smallest absolute Gasteiger partial charge is 0.269 e. The first-order valence-electron chi connectivity index (χ1n) is 11.4. The monoisotopic (exact) mass is 532 g/mol. The summed E-state index contributed by atoms with van der Waals surface area (Å²) >= 11 is 0. The Hall–Kier alpha value is -3.80. The van der Waals surface area contributed by atoms with E-state index >= 15 is 0 Å². The molecule has 196 valence electrons. The zero-order valence-corrected chi connectivity index (χ0v) is 21.4. The third kappa shape index (κ3) is 4.80. The number of ether oxygens (including phenoxy) is 1. The number of H-pyrrole nitrogens is 1. The number of methoxy groups -OCH3 is 1. The lowest BCUT2D eigenvalue weighted by molar-refractivity contribution is 0.0981. The fourth-order valence-electron chi connectivity index (χ4n) is 4.35. The maximum absolute atomic E-state index is 14.4. The molecule has 3 aromatic rings. The van der Waals surface area contributed by atoms with Crippen molar-refractivity contribution in [1.29, 1.82) is 0 Å². The molecule has 1 unspecified atom stereocenters. The summed E-state index contributed by atoms with van der Waals surface area (Å²) in [4.78, 5) is 33.3. The highest BCUT2D eigenvalue weighted by Gasteiger charge is 2.41. The van der Waals surface area contributed by atoms with Gasteiger partial charge >= 0.3 is 0 Å². The molecule has 1 atom stereocenters. The molecular formula is C25H26F2N4O5S. The molecule has 0 saturated carbocycles. The second-order valence-electron chi connectivity index (χ2n) is 9.33. The number of nitrogens with zero attached hydrogens (tertiary/aromatic N) is 2. The number of carbonyl (C=O) groups excluding carboxylic acids is 1. The molecule has 1 amide bonds. The van der Waals surface area contributed by atoms with Crippen molar-refractivity contribution in [2.75, 3.05) is 18.6 Å². The van der Waals surface area contributed by atoms with Crippen LogP contribution in [-0.2, 0) is 10.0 Å². The van der Waals surface area contributed by atoms with Crippen molar-refractivity contribution in [3.8, 4) is 17.0 Å². The number of sulfonamides is 1. The molecule has 2 aromatic heterocycles. The summed E-state index contributed by atoms with van der Waals surface area (Å²) in [6.07, 6.45) is 2.05. The molecule has 0 aliphatic carbocycles. The second-order valence-corrected chi connectivity index (χ2v) is 11.0. The molecule has 1 fully saturated rings. The van der Waals surface area contributed by atoms with Crippen molar-refractivity contribution in [1.82, 2.24) is 14.7 Å². The van der Waals surface area contributed by atoms with Crippen molar-refractivity contribution in [2.45, 2.75) is 37.6 Å². The van der Waals surface area contributed by atoms with E-state index < -0.39 is 49.3 Å². The first-order chi connectivity index (χ1) is 17.4. The molecule has 4 rings (SSSR count). The highest BCUT2D eigenvalue weighted by atomic mass is 32.2. The lowest BCUT2D eigenvalue weighted by Crippen LogP contribution is -2.44. The third-order valence-corrected chi connectivity index (χ3v) is 8.21. The average molecular weight is 533 g/mol. The third-order valence-electron chi connectivity index (χ3n) is 6.86. The topological polar surface area (TPSA) is 121 Å². The van der Waals surface area contributed by atoms with E-state index in [1.807, 2.05) is 30.4 Å². The van der Waals surface area contributed by atoms with Gasteiger partial charge < -0.3 is 14.6 Å². The van der Waals surface area contributed by atoms with E-state index in [0.717, 1.165) is 31.7 Å². The van der Waals surface area contributed by atoms with Crippen molar-refractivity contribution >= 4 is 21.7 Å². The number of hydrogen-bond donors (Lipinski definition) is 2. The maximum Gasteiger partial charge on any atom is 0.269 e. The molecule has 12 heteroatoms. The highest BCUT2D eigenvalue weighted by Crippen LogP contribution is 2.39. The fraction of sp³-hybridized carbons (Fsp3) is 0.320. The summed E-state index contributed by atoms with van der Waals surface area (Å²) in [7, 11) is -3.35. The van der Waals surface area contributed by atoms with Crippen LogP contribution in [0, 0.1) is 17.6 Å². The minimum absolute atomic E-state index is 0.0729. The van der Waals surface area contributed by atoms with Gasteiger partial charge in [-0.05, 0) is 62.6 Å². The summed E-state index contributed by atoms with van der Waals surface area (Å²) in [6, 6.07) is 7.25. The van der Waals surface area contributed by atoms with E-state index in [1.165, 1.54) is 24.4 Å². The van der Waals surface area contributed by atoms with Gasteiger partial charge in [-0.1, -0.05) is 6.92 Å². The number of pyridine rings is 2. The van der Waals surface area contributed by atoms with E-state index in [-0.39, 0.29) is 28.6 Å². The minimum atomic E-state index is -4.50. The van der Waals surface area contributed by atoms with Crippen LogP contribution in [0.25, 0.3) is 11.3 Å². The van der Waals surface area contributed by atoms with Crippen LogP contribution in [0.5, 0.6) is 5.75 Å². The molecule has 1 aromatic carbocycles. The van der Waals surface area contributed by atoms with Crippen LogP contribution in [0.15, 0.2) is 52.3 Å². The van der Waals surface area contributed by atoms with E-state index in [2.05, 4.69) is 9.97 Å². The van der Waals surface area contributed by atoms with Gasteiger partial charge in [-0.25, -0.2) is 26.9 Å². The lowest BCUT2D eigenvalue weighted by Gasteiger charge is -2.36. The van der Waals surface area contributed by atoms with Gasteiger partial charge in [-0.3, -0.25) is 9.59 Å². The number of benzene rings is 1. The molecule has 1 aliphatic heterocycles. The predicted molar refractivity (Wildman–Crippen MR) is 133 cm³/mol. The van der Waals surface area contributed by atoms with Gasteiger partial charge in [0, 0.05) is 23.8 Å². The van der Waals surface area contributed by atoms with E-state index in [4.69, 9.17) is 4.74 Å². The molecule has 2 N–H and O–H groups in total. The van der Waals surface area contributed by atoms with Gasteiger partial charge in [0.2, 0.25) is 0 Å². The van der Waals surface area contributed by atoms with Crippen LogP contribution in [0.4, 0.5) is 14.6 Å². The van der Waals surface area contributed by atoms with Crippen LogP contribution in [0.2, 0.25) is 0 Å². The Kier molecular flexibility index (Phi) is 6.80. The number of aromatic amines is 1. The second kappa shape index (κ2) is 9.58. The summed E-state index contributed by atoms with van der Waals surface area (Å²) in [5.74, 6) is -3.02. The predicted octanol–water partition coefficient (Wildman–Crippen LogP) is 3.47. The Labute approximate surface area is 212 Å². The number of aromatic nitrogens is 2. The number of amides is 1. The molecular weight excluding hydrogens is 506 g/mol. The van der Waals surface area contributed by atoms with Crippen LogP contribution >= 0.6 is 0 Å². The number of rotatable bonds is 6. The number of nitrogens with one attached hydrogen (secondary N) is 2. The Morgan fingerprint density at radius 1 is 1.22 bits per heavy atom. The summed E-state index contributed by atoms with van der Waals surface area (Å²) < 4.78 is 61.1. The molecule has 3 heterocycles. The molecule has 0 spiro atoms. The summed E-state index contributed by atoms with van der Waals surface area (Å²) in [6.45, 7) is 6.49. The quantitative estimate of drug-likeness (QED) is 0.499. The Morgan fingerprint density at radius 2 is 1.89 bits per heavy atom. The molecule has 9 nitrogen and oxygen atoms in total. The van der Waals surface area contributed by atoms with Gasteiger partial charge in [0.05, 0.1) is 18.4 Å². The number of carbonyl (C=O) groups is 1. The minimum Gasteiger partial charge on any atom is -0.491 e. The van der Waals surface area contributed by atoms with Crippen LogP contribution in [0.3, 0.4) is 0 Å². The van der Waals surface area contributed by atoms with Gasteiger partial charge in [0.15, 0.2) is 22.3 Å². The standard InChI is InChI=1S/C25H26F2N4O5S/c1-14-9-11-31(25(14,2)3)22-16(23(32)30-37(34,35)20-6-5-10-28-24(20)33)7-8-19(29-22)15-12-17(26)21(36-4)18(27)13-15/h5-8,10,12-14H,9,11H2,1-4H3,(H,28,33)(H,30,32).